The van der Waals surface area contributed by atoms with E-state index in [1.54, 1.807) is 0 Å². The van der Waals surface area contributed by atoms with Crippen LogP contribution in [0.3, 0.4) is 0 Å². The van der Waals surface area contributed by atoms with Crippen molar-refractivity contribution in [2.75, 3.05) is 52.4 Å². The highest BCUT2D eigenvalue weighted by Gasteiger charge is 2.19. The SMILES string of the molecule is CC(C)NC(=O)CNC(=O)CN1CCN(CCOc2ccc(Cl)cc2)CC1. The zero-order valence-electron chi connectivity index (χ0n) is 16.0. The van der Waals surface area contributed by atoms with Crippen molar-refractivity contribution in [2.45, 2.75) is 19.9 Å². The van der Waals surface area contributed by atoms with Gasteiger partial charge in [-0.2, -0.15) is 0 Å². The summed E-state index contributed by atoms with van der Waals surface area (Å²) in [5.41, 5.74) is 0. The van der Waals surface area contributed by atoms with Crippen molar-refractivity contribution in [3.63, 3.8) is 0 Å². The molecule has 0 atom stereocenters. The summed E-state index contributed by atoms with van der Waals surface area (Å²) < 4.78 is 5.72. The molecule has 1 aliphatic heterocycles. The first kappa shape index (κ1) is 21.5. The van der Waals surface area contributed by atoms with Gasteiger partial charge in [-0.3, -0.25) is 19.4 Å². The number of halogens is 1. The van der Waals surface area contributed by atoms with Crippen molar-refractivity contribution in [2.24, 2.45) is 0 Å². The predicted molar refractivity (Wildman–Crippen MR) is 106 cm³/mol. The van der Waals surface area contributed by atoms with Crippen LogP contribution < -0.4 is 15.4 Å². The Morgan fingerprint density at radius 2 is 1.70 bits per heavy atom. The van der Waals surface area contributed by atoms with E-state index in [-0.39, 0.29) is 24.4 Å². The summed E-state index contributed by atoms with van der Waals surface area (Å²) in [5.74, 6) is 0.536. The van der Waals surface area contributed by atoms with Gasteiger partial charge in [-0.15, -0.1) is 0 Å². The lowest BCUT2D eigenvalue weighted by Gasteiger charge is -2.34. The monoisotopic (exact) mass is 396 g/mol. The number of piperazine rings is 1. The number of nitrogens with one attached hydrogen (secondary N) is 2. The second kappa shape index (κ2) is 11.1. The van der Waals surface area contributed by atoms with E-state index in [2.05, 4.69) is 20.4 Å². The molecule has 2 N–H and O–H groups in total. The number of carbonyl (C=O) groups is 2. The fraction of sp³-hybridized carbons (Fsp3) is 0.579. The molecule has 7 nitrogen and oxygen atoms in total. The van der Waals surface area contributed by atoms with Crippen molar-refractivity contribution >= 4 is 23.4 Å². The van der Waals surface area contributed by atoms with Crippen LogP contribution in [0.2, 0.25) is 5.02 Å². The van der Waals surface area contributed by atoms with E-state index in [0.29, 0.717) is 18.2 Å². The molecular weight excluding hydrogens is 368 g/mol. The first-order valence-corrected chi connectivity index (χ1v) is 9.69. The van der Waals surface area contributed by atoms with Gasteiger partial charge in [0.1, 0.15) is 12.4 Å². The van der Waals surface area contributed by atoms with Crippen LogP contribution in [0.4, 0.5) is 0 Å². The fourth-order valence-corrected chi connectivity index (χ4v) is 2.93. The van der Waals surface area contributed by atoms with Gasteiger partial charge in [0, 0.05) is 43.8 Å². The summed E-state index contributed by atoms with van der Waals surface area (Å²) in [5, 5.41) is 6.11. The van der Waals surface area contributed by atoms with Crippen LogP contribution in [0.15, 0.2) is 24.3 Å². The van der Waals surface area contributed by atoms with Crippen LogP contribution in [-0.2, 0) is 9.59 Å². The van der Waals surface area contributed by atoms with Crippen LogP contribution in [0.25, 0.3) is 0 Å². The van der Waals surface area contributed by atoms with Gasteiger partial charge in [0.2, 0.25) is 11.8 Å². The van der Waals surface area contributed by atoms with Crippen LogP contribution in [0.1, 0.15) is 13.8 Å². The van der Waals surface area contributed by atoms with E-state index in [1.165, 1.54) is 0 Å². The molecule has 1 aromatic carbocycles. The summed E-state index contributed by atoms with van der Waals surface area (Å²) in [6, 6.07) is 7.42. The molecule has 150 valence electrons. The van der Waals surface area contributed by atoms with Gasteiger partial charge in [-0.25, -0.2) is 0 Å². The molecule has 1 fully saturated rings. The maximum absolute atomic E-state index is 12.0. The molecule has 1 saturated heterocycles. The van der Waals surface area contributed by atoms with Gasteiger partial charge in [-0.1, -0.05) is 11.6 Å². The maximum Gasteiger partial charge on any atom is 0.239 e. The number of benzene rings is 1. The van der Waals surface area contributed by atoms with E-state index < -0.39 is 0 Å². The second-order valence-electron chi connectivity index (χ2n) is 6.92. The first-order chi connectivity index (χ1) is 12.9. The molecule has 0 radical (unpaired) electrons. The summed E-state index contributed by atoms with van der Waals surface area (Å²) in [6.45, 7) is 9.03. The molecule has 2 rings (SSSR count). The Labute approximate surface area is 166 Å². The number of rotatable bonds is 9. The van der Waals surface area contributed by atoms with Gasteiger partial charge in [0.05, 0.1) is 13.1 Å². The Bertz CT molecular complexity index is 601. The molecule has 0 saturated carbocycles. The smallest absolute Gasteiger partial charge is 0.239 e. The first-order valence-electron chi connectivity index (χ1n) is 9.31. The second-order valence-corrected chi connectivity index (χ2v) is 7.36. The Kier molecular flexibility index (Phi) is 8.84. The van der Waals surface area contributed by atoms with E-state index in [1.807, 2.05) is 38.1 Å². The summed E-state index contributed by atoms with van der Waals surface area (Å²) >= 11 is 5.86. The highest BCUT2D eigenvalue weighted by atomic mass is 35.5. The molecule has 1 aromatic rings. The van der Waals surface area contributed by atoms with E-state index in [9.17, 15) is 9.59 Å². The van der Waals surface area contributed by atoms with Crippen molar-refractivity contribution < 1.29 is 14.3 Å². The number of ether oxygens (including phenoxy) is 1. The Morgan fingerprint density at radius 3 is 2.33 bits per heavy atom. The van der Waals surface area contributed by atoms with Crippen molar-refractivity contribution in [1.29, 1.82) is 0 Å². The lowest BCUT2D eigenvalue weighted by Crippen LogP contribution is -2.51. The van der Waals surface area contributed by atoms with Crippen molar-refractivity contribution in [3.05, 3.63) is 29.3 Å². The lowest BCUT2D eigenvalue weighted by molar-refractivity contribution is -0.127. The number of hydrogen-bond donors (Lipinski definition) is 2. The fourth-order valence-electron chi connectivity index (χ4n) is 2.81. The van der Waals surface area contributed by atoms with Crippen molar-refractivity contribution in [1.82, 2.24) is 20.4 Å². The third-order valence-electron chi connectivity index (χ3n) is 4.22. The quantitative estimate of drug-likeness (QED) is 0.651. The third-order valence-corrected chi connectivity index (χ3v) is 4.47. The molecule has 0 aliphatic carbocycles. The van der Waals surface area contributed by atoms with E-state index >= 15 is 0 Å². The van der Waals surface area contributed by atoms with Gasteiger partial charge >= 0.3 is 0 Å². The van der Waals surface area contributed by atoms with Crippen LogP contribution in [-0.4, -0.2) is 80.1 Å². The number of amides is 2. The van der Waals surface area contributed by atoms with E-state index in [4.69, 9.17) is 16.3 Å². The standard InChI is InChI=1S/C19H29ClN4O3/c1-15(2)22-18(25)13-21-19(26)14-24-9-7-23(8-10-24)11-12-27-17-5-3-16(20)4-6-17/h3-6,15H,7-14H2,1-2H3,(H,21,26)(H,22,25). The maximum atomic E-state index is 12.0. The Hall–Kier alpha value is -1.83. The molecule has 27 heavy (non-hydrogen) atoms. The van der Waals surface area contributed by atoms with Gasteiger partial charge in [0.25, 0.3) is 0 Å². The molecule has 1 aliphatic rings. The molecule has 0 spiro atoms. The Morgan fingerprint density at radius 1 is 1.07 bits per heavy atom. The van der Waals surface area contributed by atoms with Crippen LogP contribution in [0, 0.1) is 0 Å². The average Bonchev–Trinajstić information content (AvgIpc) is 2.63. The normalized spacial score (nSPS) is 15.6. The third kappa shape index (κ3) is 8.60. The van der Waals surface area contributed by atoms with E-state index in [0.717, 1.165) is 38.5 Å². The molecular formula is C19H29ClN4O3. The minimum absolute atomic E-state index is 0.0268. The summed E-state index contributed by atoms with van der Waals surface area (Å²) in [7, 11) is 0. The topological polar surface area (TPSA) is 73.9 Å². The minimum atomic E-state index is -0.163. The zero-order valence-corrected chi connectivity index (χ0v) is 16.8. The molecule has 0 unspecified atom stereocenters. The number of carbonyl (C=O) groups excluding carboxylic acids is 2. The summed E-state index contributed by atoms with van der Waals surface area (Å²) in [6.07, 6.45) is 0. The number of nitrogens with zero attached hydrogens (tertiary/aromatic N) is 2. The molecule has 8 heteroatoms. The van der Waals surface area contributed by atoms with Gasteiger partial charge in [0.15, 0.2) is 0 Å². The summed E-state index contributed by atoms with van der Waals surface area (Å²) in [4.78, 5) is 27.9. The highest BCUT2D eigenvalue weighted by molar-refractivity contribution is 6.30. The van der Waals surface area contributed by atoms with Crippen LogP contribution >= 0.6 is 11.6 Å². The van der Waals surface area contributed by atoms with Gasteiger partial charge < -0.3 is 15.4 Å². The molecule has 2 amide bonds. The predicted octanol–water partition coefficient (Wildman–Crippen LogP) is 0.977. The lowest BCUT2D eigenvalue weighted by atomic mass is 10.3. The van der Waals surface area contributed by atoms with Crippen molar-refractivity contribution in [3.8, 4) is 5.75 Å². The zero-order chi connectivity index (χ0) is 19.6. The molecule has 0 aromatic heterocycles. The minimum Gasteiger partial charge on any atom is -0.492 e. The number of hydrogen-bond acceptors (Lipinski definition) is 5. The largest absolute Gasteiger partial charge is 0.492 e. The average molecular weight is 397 g/mol. The van der Waals surface area contributed by atoms with Gasteiger partial charge in [-0.05, 0) is 38.1 Å². The van der Waals surface area contributed by atoms with Crippen LogP contribution in [0.5, 0.6) is 5.75 Å². The molecule has 0 bridgehead atoms. The Balaban J connectivity index is 1.57. The molecule has 1 heterocycles. The highest BCUT2D eigenvalue weighted by Crippen LogP contribution is 2.15.